The van der Waals surface area contributed by atoms with Crippen LogP contribution in [0.25, 0.3) is 0 Å². The minimum atomic E-state index is -4.14. The summed E-state index contributed by atoms with van der Waals surface area (Å²) in [5.74, 6) is 0.337. The molecule has 0 N–H and O–H groups in total. The molecule has 0 saturated carbocycles. The lowest BCUT2D eigenvalue weighted by Gasteiger charge is -2.35. The highest BCUT2D eigenvalue weighted by atomic mass is 32.3. The van der Waals surface area contributed by atoms with Crippen molar-refractivity contribution in [2.24, 2.45) is 9.69 Å². The summed E-state index contributed by atoms with van der Waals surface area (Å²) in [6.45, 7) is 4.40. The number of hydrogen-bond donors (Lipinski definition) is 0. The number of sulfonamides is 1. The molecule has 0 aromatic heterocycles. The van der Waals surface area contributed by atoms with E-state index in [0.717, 1.165) is 36.0 Å². The second-order valence-corrected chi connectivity index (χ2v) is 13.0. The van der Waals surface area contributed by atoms with Gasteiger partial charge in [-0.1, -0.05) is 63.4 Å². The molecule has 3 atom stereocenters. The van der Waals surface area contributed by atoms with Crippen molar-refractivity contribution in [1.82, 2.24) is 4.31 Å². The van der Waals surface area contributed by atoms with Crippen LogP contribution in [0.5, 0.6) is 0 Å². The summed E-state index contributed by atoms with van der Waals surface area (Å²) in [5, 5.41) is 0. The zero-order valence-corrected chi connectivity index (χ0v) is 20.5. The van der Waals surface area contributed by atoms with E-state index < -0.39 is 19.9 Å². The number of hydrogen-bond acceptors (Lipinski definition) is 3. The van der Waals surface area contributed by atoms with Gasteiger partial charge in [0.25, 0.3) is 10.0 Å². The number of nitrogens with zero attached hydrogens (tertiary/aromatic N) is 2. The molecule has 1 unspecified atom stereocenters. The van der Waals surface area contributed by atoms with Crippen LogP contribution >= 0.6 is 0 Å². The van der Waals surface area contributed by atoms with E-state index in [-0.39, 0.29) is 10.9 Å². The number of fused-ring (bicyclic) bond motifs is 3. The number of aryl methyl sites for hydroxylation is 3. The normalized spacial score (nSPS) is 22.2. The molecular formula is C26H28N2O3S2. The Bertz CT molecular complexity index is 1400. The van der Waals surface area contributed by atoms with Gasteiger partial charge >= 0.3 is 0 Å². The van der Waals surface area contributed by atoms with E-state index in [1.165, 1.54) is 17.7 Å². The molecule has 0 radical (unpaired) electrons. The molecule has 1 aliphatic carbocycles. The van der Waals surface area contributed by atoms with Gasteiger partial charge in [0.1, 0.15) is 0 Å². The third-order valence-electron chi connectivity index (χ3n) is 6.80. The Labute approximate surface area is 196 Å². The highest BCUT2D eigenvalue weighted by molar-refractivity contribution is 8.02. The van der Waals surface area contributed by atoms with Crippen LogP contribution < -0.4 is 0 Å². The lowest BCUT2D eigenvalue weighted by Crippen LogP contribution is -2.34. The van der Waals surface area contributed by atoms with Gasteiger partial charge in [-0.3, -0.25) is 0 Å². The van der Waals surface area contributed by atoms with E-state index in [0.29, 0.717) is 17.4 Å². The summed E-state index contributed by atoms with van der Waals surface area (Å²) in [6, 6.07) is 21.9. The molecule has 0 bridgehead atoms. The van der Waals surface area contributed by atoms with Gasteiger partial charge in [-0.05, 0) is 74.4 Å². The molecule has 1 aliphatic heterocycles. The summed E-state index contributed by atoms with van der Waals surface area (Å²) in [5.41, 5.74) is 4.37. The maximum Gasteiger partial charge on any atom is 0.291 e. The Kier molecular flexibility index (Phi) is 5.67. The van der Waals surface area contributed by atoms with Crippen LogP contribution in [-0.2, 0) is 26.4 Å². The first-order chi connectivity index (χ1) is 15.8. The molecule has 172 valence electrons. The molecule has 1 heterocycles. The van der Waals surface area contributed by atoms with Crippen molar-refractivity contribution < 1.29 is 12.6 Å². The van der Waals surface area contributed by atoms with E-state index in [1.54, 1.807) is 24.3 Å². The van der Waals surface area contributed by atoms with E-state index in [2.05, 4.69) is 15.9 Å². The van der Waals surface area contributed by atoms with Crippen LogP contribution in [0, 0.1) is 19.8 Å². The van der Waals surface area contributed by atoms with Crippen molar-refractivity contribution in [3.05, 3.63) is 95.1 Å². The number of rotatable bonds is 4. The van der Waals surface area contributed by atoms with Gasteiger partial charge in [-0.2, -0.15) is 8.42 Å². The maximum absolute atomic E-state index is 14.8. The summed E-state index contributed by atoms with van der Waals surface area (Å²) in [7, 11) is -7.56. The Morgan fingerprint density at radius 3 is 2.06 bits per heavy atom. The van der Waals surface area contributed by atoms with Crippen molar-refractivity contribution in [2.75, 3.05) is 6.54 Å². The molecule has 7 heteroatoms. The van der Waals surface area contributed by atoms with Crippen LogP contribution in [0.15, 0.2) is 86.4 Å². The highest BCUT2D eigenvalue weighted by Gasteiger charge is 2.44. The third kappa shape index (κ3) is 4.03. The Balaban J connectivity index is 1.71. The molecule has 5 rings (SSSR count). The molecule has 5 nitrogen and oxygen atoms in total. The summed E-state index contributed by atoms with van der Waals surface area (Å²) >= 11 is 0. The summed E-state index contributed by atoms with van der Waals surface area (Å²) in [4.78, 5) is 0.500. The Morgan fingerprint density at radius 1 is 0.788 bits per heavy atom. The molecule has 2 aliphatic rings. The van der Waals surface area contributed by atoms with Gasteiger partial charge in [0, 0.05) is 6.54 Å². The quantitative estimate of drug-likeness (QED) is 0.499. The van der Waals surface area contributed by atoms with Crippen LogP contribution in [-0.4, -0.2) is 23.5 Å². The van der Waals surface area contributed by atoms with Crippen molar-refractivity contribution in [3.8, 4) is 0 Å². The van der Waals surface area contributed by atoms with Crippen molar-refractivity contribution in [3.63, 3.8) is 0 Å². The van der Waals surface area contributed by atoms with Gasteiger partial charge < -0.3 is 0 Å². The lowest BCUT2D eigenvalue weighted by molar-refractivity contribution is 0.325. The van der Waals surface area contributed by atoms with Gasteiger partial charge in [-0.15, -0.1) is 0 Å². The SMILES string of the molecule is Cc1ccc(S(=O)(=O)N=S(=O)(c2ccc(C)cc2)N2CC[C@@H]3CCc4ccccc4[C@@H]32)cc1. The van der Waals surface area contributed by atoms with E-state index in [1.807, 2.05) is 42.4 Å². The first-order valence-electron chi connectivity index (χ1n) is 11.3. The zero-order valence-electron chi connectivity index (χ0n) is 18.8. The minimum absolute atomic E-state index is 0.0627. The van der Waals surface area contributed by atoms with Gasteiger partial charge in [0.15, 0.2) is 9.92 Å². The summed E-state index contributed by atoms with van der Waals surface area (Å²) < 4.78 is 47.7. The molecule has 33 heavy (non-hydrogen) atoms. The van der Waals surface area contributed by atoms with Crippen LogP contribution in [0.2, 0.25) is 0 Å². The van der Waals surface area contributed by atoms with Crippen molar-refractivity contribution in [2.45, 2.75) is 48.9 Å². The largest absolute Gasteiger partial charge is 0.291 e. The summed E-state index contributed by atoms with van der Waals surface area (Å²) in [6.07, 6.45) is 2.88. The second kappa shape index (κ2) is 8.38. The Morgan fingerprint density at radius 2 is 1.39 bits per heavy atom. The fourth-order valence-corrected chi connectivity index (χ4v) is 9.31. The van der Waals surface area contributed by atoms with Gasteiger partial charge in [0.2, 0.25) is 0 Å². The lowest BCUT2D eigenvalue weighted by atomic mass is 9.81. The second-order valence-electron chi connectivity index (χ2n) is 9.04. The fraction of sp³-hybridized carbons (Fsp3) is 0.308. The van der Waals surface area contributed by atoms with Gasteiger partial charge in [-0.25, -0.2) is 8.51 Å². The highest BCUT2D eigenvalue weighted by Crippen LogP contribution is 2.47. The van der Waals surface area contributed by atoms with Crippen LogP contribution in [0.3, 0.4) is 0 Å². The number of benzene rings is 3. The average Bonchev–Trinajstić information content (AvgIpc) is 3.25. The molecule has 0 spiro atoms. The molecule has 0 amide bonds. The standard InChI is InChI=1S/C26H28N2O3S2/c1-19-7-13-23(14-8-19)32(29,27-33(30,31)24-15-9-20(2)10-16-24)28-18-17-22-12-11-21-5-3-4-6-25(21)26(22)28/h3-10,13-16,22,26H,11-12,17-18H2,1-2H3/t22-,26+,32?/m0/s1. The first kappa shape index (κ1) is 22.3. The zero-order chi connectivity index (χ0) is 23.2. The predicted molar refractivity (Wildman–Crippen MR) is 131 cm³/mol. The van der Waals surface area contributed by atoms with Crippen LogP contribution in [0.4, 0.5) is 0 Å². The molecule has 3 aromatic rings. The predicted octanol–water partition coefficient (Wildman–Crippen LogP) is 5.44. The first-order valence-corrected chi connectivity index (χ1v) is 14.2. The molecule has 1 fully saturated rings. The Hall–Kier alpha value is -2.48. The molecule has 1 saturated heterocycles. The fourth-order valence-electron chi connectivity index (χ4n) is 5.03. The van der Waals surface area contributed by atoms with E-state index >= 15 is 0 Å². The van der Waals surface area contributed by atoms with Crippen molar-refractivity contribution in [1.29, 1.82) is 0 Å². The van der Waals surface area contributed by atoms with Crippen molar-refractivity contribution >= 4 is 19.9 Å². The minimum Gasteiger partial charge on any atom is -0.227 e. The average molecular weight is 481 g/mol. The smallest absolute Gasteiger partial charge is 0.227 e. The van der Waals surface area contributed by atoms with E-state index in [9.17, 15) is 12.6 Å². The van der Waals surface area contributed by atoms with E-state index in [4.69, 9.17) is 0 Å². The molecular weight excluding hydrogens is 452 g/mol. The monoisotopic (exact) mass is 480 g/mol. The van der Waals surface area contributed by atoms with Crippen LogP contribution in [0.1, 0.15) is 41.1 Å². The maximum atomic E-state index is 14.8. The topological polar surface area (TPSA) is 66.8 Å². The third-order valence-corrected chi connectivity index (χ3v) is 11.2. The van der Waals surface area contributed by atoms with Gasteiger partial charge in [0.05, 0.1) is 15.8 Å². The molecule has 3 aromatic carbocycles.